The quantitative estimate of drug-likeness (QED) is 0.881. The molecule has 2 aromatic rings. The van der Waals surface area contributed by atoms with Crippen LogP contribution < -0.4 is 5.32 Å². The standard InChI is InChI=1S/C16H14ClNO/c1-10-2-4-11(5-3-10)8-14-13-7-6-12(17)9-15(13)18-16(14)19/h2-7,9,14H,8H2,1H3,(H,18,19). The SMILES string of the molecule is Cc1ccc(CC2C(=O)Nc3cc(Cl)ccc32)cc1. The minimum Gasteiger partial charge on any atom is -0.325 e. The molecule has 0 fully saturated rings. The van der Waals surface area contributed by atoms with Gasteiger partial charge in [-0.15, -0.1) is 0 Å². The van der Waals surface area contributed by atoms with Crippen molar-refractivity contribution in [3.63, 3.8) is 0 Å². The predicted octanol–water partition coefficient (Wildman–Crippen LogP) is 3.93. The van der Waals surface area contributed by atoms with Crippen molar-refractivity contribution in [3.05, 3.63) is 64.2 Å². The molecule has 0 spiro atoms. The Morgan fingerprint density at radius 1 is 1.16 bits per heavy atom. The largest absolute Gasteiger partial charge is 0.325 e. The summed E-state index contributed by atoms with van der Waals surface area (Å²) in [5, 5.41) is 3.54. The van der Waals surface area contributed by atoms with Gasteiger partial charge in [-0.05, 0) is 36.6 Å². The zero-order valence-corrected chi connectivity index (χ0v) is 11.4. The van der Waals surface area contributed by atoms with Crippen LogP contribution in [0, 0.1) is 6.92 Å². The zero-order chi connectivity index (χ0) is 13.4. The molecular weight excluding hydrogens is 258 g/mol. The van der Waals surface area contributed by atoms with Crippen LogP contribution >= 0.6 is 11.6 Å². The molecular formula is C16H14ClNO. The van der Waals surface area contributed by atoms with Crippen LogP contribution in [0.3, 0.4) is 0 Å². The number of anilines is 1. The Bertz CT molecular complexity index is 634. The van der Waals surface area contributed by atoms with Crippen LogP contribution in [0.15, 0.2) is 42.5 Å². The Kier molecular flexibility index (Phi) is 3.03. The number of hydrogen-bond donors (Lipinski definition) is 1. The summed E-state index contributed by atoms with van der Waals surface area (Å²) >= 11 is 5.95. The summed E-state index contributed by atoms with van der Waals surface area (Å²) in [5.74, 6) is -0.0622. The van der Waals surface area contributed by atoms with Crippen LogP contribution in [0.25, 0.3) is 0 Å². The molecule has 2 aromatic carbocycles. The molecule has 1 amide bonds. The molecule has 96 valence electrons. The van der Waals surface area contributed by atoms with Gasteiger partial charge in [-0.25, -0.2) is 0 Å². The number of rotatable bonds is 2. The molecule has 0 radical (unpaired) electrons. The molecule has 0 aromatic heterocycles. The van der Waals surface area contributed by atoms with Gasteiger partial charge in [-0.2, -0.15) is 0 Å². The molecule has 1 unspecified atom stereocenters. The number of carbonyl (C=O) groups is 1. The Morgan fingerprint density at radius 3 is 2.63 bits per heavy atom. The molecule has 0 bridgehead atoms. The molecule has 19 heavy (non-hydrogen) atoms. The van der Waals surface area contributed by atoms with Crippen molar-refractivity contribution in [1.82, 2.24) is 0 Å². The van der Waals surface area contributed by atoms with Crippen molar-refractivity contribution in [2.75, 3.05) is 5.32 Å². The van der Waals surface area contributed by atoms with E-state index in [4.69, 9.17) is 11.6 Å². The van der Waals surface area contributed by atoms with Crippen LogP contribution in [0.5, 0.6) is 0 Å². The van der Waals surface area contributed by atoms with Gasteiger partial charge < -0.3 is 5.32 Å². The van der Waals surface area contributed by atoms with Gasteiger partial charge in [0.1, 0.15) is 0 Å². The fraction of sp³-hybridized carbons (Fsp3) is 0.188. The predicted molar refractivity (Wildman–Crippen MR) is 77.7 cm³/mol. The minimum atomic E-state index is -0.116. The fourth-order valence-corrected chi connectivity index (χ4v) is 2.64. The van der Waals surface area contributed by atoms with Gasteiger partial charge >= 0.3 is 0 Å². The van der Waals surface area contributed by atoms with Crippen molar-refractivity contribution >= 4 is 23.2 Å². The maximum absolute atomic E-state index is 12.1. The molecule has 0 aliphatic carbocycles. The molecule has 1 aliphatic rings. The second kappa shape index (κ2) is 4.71. The summed E-state index contributed by atoms with van der Waals surface area (Å²) in [7, 11) is 0. The molecule has 2 nitrogen and oxygen atoms in total. The van der Waals surface area contributed by atoms with E-state index in [0.29, 0.717) is 5.02 Å². The van der Waals surface area contributed by atoms with Crippen molar-refractivity contribution < 1.29 is 4.79 Å². The molecule has 1 atom stereocenters. The van der Waals surface area contributed by atoms with Crippen LogP contribution in [-0.2, 0) is 11.2 Å². The summed E-state index contributed by atoms with van der Waals surface area (Å²) < 4.78 is 0. The number of hydrogen-bond acceptors (Lipinski definition) is 1. The van der Waals surface area contributed by atoms with E-state index in [2.05, 4.69) is 36.5 Å². The first kappa shape index (κ1) is 12.2. The number of carbonyl (C=O) groups excluding carboxylic acids is 1. The molecule has 0 saturated heterocycles. The average Bonchev–Trinajstić information content (AvgIpc) is 2.68. The number of fused-ring (bicyclic) bond motifs is 1. The zero-order valence-electron chi connectivity index (χ0n) is 10.6. The highest BCUT2D eigenvalue weighted by Crippen LogP contribution is 2.36. The van der Waals surface area contributed by atoms with E-state index in [1.165, 1.54) is 11.1 Å². The third kappa shape index (κ3) is 2.36. The lowest BCUT2D eigenvalue weighted by Crippen LogP contribution is -2.14. The maximum atomic E-state index is 12.1. The minimum absolute atomic E-state index is 0.0536. The Labute approximate surface area is 117 Å². The summed E-state index contributed by atoms with van der Waals surface area (Å²) in [6.07, 6.45) is 0.723. The highest BCUT2D eigenvalue weighted by Gasteiger charge is 2.30. The Balaban J connectivity index is 1.90. The number of amides is 1. The van der Waals surface area contributed by atoms with Crippen molar-refractivity contribution in [1.29, 1.82) is 0 Å². The highest BCUT2D eigenvalue weighted by atomic mass is 35.5. The van der Waals surface area contributed by atoms with Gasteiger partial charge in [0, 0.05) is 10.7 Å². The van der Waals surface area contributed by atoms with Crippen LogP contribution in [0.1, 0.15) is 22.6 Å². The van der Waals surface area contributed by atoms with Crippen molar-refractivity contribution in [3.8, 4) is 0 Å². The van der Waals surface area contributed by atoms with Gasteiger partial charge in [-0.1, -0.05) is 47.5 Å². The molecule has 3 heteroatoms. The second-order valence-electron chi connectivity index (χ2n) is 4.96. The lowest BCUT2D eigenvalue weighted by molar-refractivity contribution is -0.117. The van der Waals surface area contributed by atoms with Gasteiger partial charge in [0.05, 0.1) is 5.92 Å². The Morgan fingerprint density at radius 2 is 1.89 bits per heavy atom. The van der Waals surface area contributed by atoms with Gasteiger partial charge in [0.2, 0.25) is 5.91 Å². The third-order valence-electron chi connectivity index (χ3n) is 3.53. The van der Waals surface area contributed by atoms with E-state index in [-0.39, 0.29) is 11.8 Å². The van der Waals surface area contributed by atoms with Gasteiger partial charge in [0.25, 0.3) is 0 Å². The molecule has 3 rings (SSSR count). The van der Waals surface area contributed by atoms with Crippen LogP contribution in [-0.4, -0.2) is 5.91 Å². The van der Waals surface area contributed by atoms with E-state index >= 15 is 0 Å². The molecule has 1 heterocycles. The Hall–Kier alpha value is -1.80. The summed E-state index contributed by atoms with van der Waals surface area (Å²) in [5.41, 5.74) is 4.28. The van der Waals surface area contributed by atoms with E-state index in [9.17, 15) is 4.79 Å². The van der Waals surface area contributed by atoms with Gasteiger partial charge in [-0.3, -0.25) is 4.79 Å². The molecule has 1 aliphatic heterocycles. The van der Waals surface area contributed by atoms with Crippen LogP contribution in [0.4, 0.5) is 5.69 Å². The highest BCUT2D eigenvalue weighted by molar-refractivity contribution is 6.31. The number of benzene rings is 2. The monoisotopic (exact) mass is 271 g/mol. The summed E-state index contributed by atoms with van der Waals surface area (Å²) in [6, 6.07) is 13.9. The summed E-state index contributed by atoms with van der Waals surface area (Å²) in [4.78, 5) is 12.1. The second-order valence-corrected chi connectivity index (χ2v) is 5.40. The first-order valence-corrected chi connectivity index (χ1v) is 6.67. The van der Waals surface area contributed by atoms with Crippen molar-refractivity contribution in [2.24, 2.45) is 0 Å². The molecule has 0 saturated carbocycles. The number of aryl methyl sites for hydroxylation is 1. The number of nitrogens with one attached hydrogen (secondary N) is 1. The topological polar surface area (TPSA) is 29.1 Å². The van der Waals surface area contributed by atoms with Crippen LogP contribution in [0.2, 0.25) is 5.02 Å². The normalized spacial score (nSPS) is 17.2. The first-order chi connectivity index (χ1) is 9.13. The fourth-order valence-electron chi connectivity index (χ4n) is 2.46. The van der Waals surface area contributed by atoms with E-state index in [1.54, 1.807) is 0 Å². The van der Waals surface area contributed by atoms with Crippen molar-refractivity contribution in [2.45, 2.75) is 19.3 Å². The summed E-state index contributed by atoms with van der Waals surface area (Å²) in [6.45, 7) is 2.06. The van der Waals surface area contributed by atoms with E-state index in [0.717, 1.165) is 17.7 Å². The smallest absolute Gasteiger partial charge is 0.232 e. The third-order valence-corrected chi connectivity index (χ3v) is 3.76. The van der Waals surface area contributed by atoms with Gasteiger partial charge in [0.15, 0.2) is 0 Å². The molecule has 1 N–H and O–H groups in total. The average molecular weight is 272 g/mol. The first-order valence-electron chi connectivity index (χ1n) is 6.29. The lowest BCUT2D eigenvalue weighted by Gasteiger charge is -2.09. The lowest BCUT2D eigenvalue weighted by atomic mass is 9.93. The number of halogens is 1. The maximum Gasteiger partial charge on any atom is 0.232 e. The van der Waals surface area contributed by atoms with E-state index in [1.807, 2.05) is 18.2 Å². The van der Waals surface area contributed by atoms with E-state index < -0.39 is 0 Å².